The maximum Gasteiger partial charge on any atom is 0.239 e. The summed E-state index contributed by atoms with van der Waals surface area (Å²) in [5.74, 6) is 0.677. The second-order valence-electron chi connectivity index (χ2n) is 8.44. The van der Waals surface area contributed by atoms with Gasteiger partial charge in [-0.05, 0) is 57.2 Å². The number of rotatable bonds is 5. The number of aromatic nitrogens is 1. The standard InChI is InChI=1S/C24H30N4O/c1-17-18(2)28(20-11-6-7-12-20)24(21(17)15-25)26-23(29)16-27-14-8-13-22(27)19-9-4-3-5-10-19/h3-5,9-10,20,22H,6-8,11-14,16H2,1-2H3,(H,26,29). The molecule has 29 heavy (non-hydrogen) atoms. The number of amides is 1. The quantitative estimate of drug-likeness (QED) is 0.792. The van der Waals surface area contributed by atoms with E-state index in [-0.39, 0.29) is 5.91 Å². The first kappa shape index (κ1) is 19.7. The van der Waals surface area contributed by atoms with Gasteiger partial charge in [0, 0.05) is 17.8 Å². The Morgan fingerprint density at radius 1 is 1.14 bits per heavy atom. The van der Waals surface area contributed by atoms with Crippen molar-refractivity contribution in [3.05, 3.63) is 52.7 Å². The van der Waals surface area contributed by atoms with E-state index in [1.807, 2.05) is 13.0 Å². The lowest BCUT2D eigenvalue weighted by atomic mass is 10.0. The number of likely N-dealkylation sites (tertiary alicyclic amines) is 1. The summed E-state index contributed by atoms with van der Waals surface area (Å²) in [7, 11) is 0. The predicted octanol–water partition coefficient (Wildman–Crippen LogP) is 4.87. The van der Waals surface area contributed by atoms with Crippen molar-refractivity contribution in [2.45, 2.75) is 64.5 Å². The highest BCUT2D eigenvalue weighted by atomic mass is 16.2. The number of hydrogen-bond acceptors (Lipinski definition) is 3. The van der Waals surface area contributed by atoms with Gasteiger partial charge in [-0.25, -0.2) is 0 Å². The molecule has 2 aromatic rings. The van der Waals surface area contributed by atoms with Gasteiger partial charge in [0.1, 0.15) is 11.9 Å². The van der Waals surface area contributed by atoms with Gasteiger partial charge in [-0.3, -0.25) is 9.69 Å². The third-order valence-corrected chi connectivity index (χ3v) is 6.71. The molecule has 1 aliphatic carbocycles. The minimum absolute atomic E-state index is 0.0268. The Labute approximate surface area is 173 Å². The van der Waals surface area contributed by atoms with E-state index in [4.69, 9.17) is 0 Å². The van der Waals surface area contributed by atoms with Gasteiger partial charge in [0.05, 0.1) is 12.1 Å². The van der Waals surface area contributed by atoms with E-state index in [0.717, 1.165) is 43.5 Å². The zero-order valence-corrected chi connectivity index (χ0v) is 17.4. The minimum atomic E-state index is -0.0268. The molecule has 1 amide bonds. The van der Waals surface area contributed by atoms with Gasteiger partial charge in [-0.15, -0.1) is 0 Å². The number of nitrogens with one attached hydrogen (secondary N) is 1. The average Bonchev–Trinajstić information content (AvgIpc) is 3.45. The molecule has 2 heterocycles. The molecule has 0 radical (unpaired) electrons. The van der Waals surface area contributed by atoms with E-state index in [1.165, 1.54) is 18.4 Å². The number of anilines is 1. The Kier molecular flexibility index (Phi) is 5.73. The molecule has 2 fully saturated rings. The van der Waals surface area contributed by atoms with Crippen LogP contribution in [0.2, 0.25) is 0 Å². The second kappa shape index (κ2) is 8.42. The molecule has 1 atom stereocenters. The number of nitrogens with zero attached hydrogens (tertiary/aromatic N) is 3. The molecule has 1 aromatic heterocycles. The predicted molar refractivity (Wildman–Crippen MR) is 115 cm³/mol. The largest absolute Gasteiger partial charge is 0.327 e. The number of hydrogen-bond donors (Lipinski definition) is 1. The normalized spacial score (nSPS) is 20.1. The van der Waals surface area contributed by atoms with Gasteiger partial charge >= 0.3 is 0 Å². The summed E-state index contributed by atoms with van der Waals surface area (Å²) in [5, 5.41) is 12.9. The van der Waals surface area contributed by atoms with Crippen molar-refractivity contribution < 1.29 is 4.79 Å². The van der Waals surface area contributed by atoms with Crippen molar-refractivity contribution in [1.82, 2.24) is 9.47 Å². The van der Waals surface area contributed by atoms with Crippen LogP contribution in [0.3, 0.4) is 0 Å². The average molecular weight is 391 g/mol. The molecule has 2 aliphatic rings. The summed E-state index contributed by atoms with van der Waals surface area (Å²) in [6.45, 7) is 5.34. The molecule has 1 unspecified atom stereocenters. The van der Waals surface area contributed by atoms with Crippen molar-refractivity contribution in [3.63, 3.8) is 0 Å². The van der Waals surface area contributed by atoms with Crippen LogP contribution in [0.1, 0.15) is 73.0 Å². The van der Waals surface area contributed by atoms with Crippen molar-refractivity contribution in [2.75, 3.05) is 18.4 Å². The molecular weight excluding hydrogens is 360 g/mol. The van der Waals surface area contributed by atoms with E-state index in [2.05, 4.69) is 52.0 Å². The Balaban J connectivity index is 1.54. The summed E-state index contributed by atoms with van der Waals surface area (Å²) < 4.78 is 2.22. The third-order valence-electron chi connectivity index (χ3n) is 6.71. The van der Waals surface area contributed by atoms with Crippen LogP contribution in [0.4, 0.5) is 5.82 Å². The Morgan fingerprint density at radius 3 is 2.55 bits per heavy atom. The van der Waals surface area contributed by atoms with Crippen molar-refractivity contribution in [1.29, 1.82) is 5.26 Å². The van der Waals surface area contributed by atoms with Crippen LogP contribution in [0, 0.1) is 25.2 Å². The first-order chi connectivity index (χ1) is 14.1. The van der Waals surface area contributed by atoms with Crippen LogP contribution >= 0.6 is 0 Å². The number of carbonyl (C=O) groups is 1. The molecule has 1 saturated carbocycles. The highest BCUT2D eigenvalue weighted by Gasteiger charge is 2.30. The SMILES string of the molecule is Cc1c(C#N)c(NC(=O)CN2CCCC2c2ccccc2)n(C2CCCC2)c1C. The number of nitriles is 1. The summed E-state index contributed by atoms with van der Waals surface area (Å²) in [6.07, 6.45) is 6.84. The zero-order chi connectivity index (χ0) is 20.4. The summed E-state index contributed by atoms with van der Waals surface area (Å²) >= 11 is 0. The minimum Gasteiger partial charge on any atom is -0.327 e. The molecule has 5 nitrogen and oxygen atoms in total. The Hall–Kier alpha value is -2.58. The van der Waals surface area contributed by atoms with E-state index in [0.29, 0.717) is 30.0 Å². The van der Waals surface area contributed by atoms with Gasteiger partial charge < -0.3 is 9.88 Å². The summed E-state index contributed by atoms with van der Waals surface area (Å²) in [6, 6.07) is 13.5. The van der Waals surface area contributed by atoms with Crippen molar-refractivity contribution in [2.24, 2.45) is 0 Å². The maximum atomic E-state index is 13.0. The molecule has 4 rings (SSSR count). The van der Waals surface area contributed by atoms with Crippen LogP contribution in [-0.4, -0.2) is 28.5 Å². The smallest absolute Gasteiger partial charge is 0.239 e. The Bertz CT molecular complexity index is 919. The molecule has 1 saturated heterocycles. The molecule has 152 valence electrons. The first-order valence-corrected chi connectivity index (χ1v) is 10.8. The summed E-state index contributed by atoms with van der Waals surface area (Å²) in [5.41, 5.74) is 3.98. The van der Waals surface area contributed by atoms with E-state index < -0.39 is 0 Å². The summed E-state index contributed by atoms with van der Waals surface area (Å²) in [4.78, 5) is 15.3. The van der Waals surface area contributed by atoms with E-state index >= 15 is 0 Å². The van der Waals surface area contributed by atoms with Crippen LogP contribution in [-0.2, 0) is 4.79 Å². The van der Waals surface area contributed by atoms with Crippen LogP contribution in [0.25, 0.3) is 0 Å². The van der Waals surface area contributed by atoms with E-state index in [1.54, 1.807) is 0 Å². The molecule has 1 N–H and O–H groups in total. The van der Waals surface area contributed by atoms with Gasteiger partial charge in [0.2, 0.25) is 5.91 Å². The van der Waals surface area contributed by atoms with Gasteiger partial charge in [-0.1, -0.05) is 43.2 Å². The topological polar surface area (TPSA) is 61.1 Å². The fourth-order valence-electron chi connectivity index (χ4n) is 5.13. The molecule has 1 aliphatic heterocycles. The lowest BCUT2D eigenvalue weighted by Gasteiger charge is -2.25. The fourth-order valence-corrected chi connectivity index (χ4v) is 5.13. The monoisotopic (exact) mass is 390 g/mol. The van der Waals surface area contributed by atoms with Crippen molar-refractivity contribution in [3.8, 4) is 6.07 Å². The second-order valence-corrected chi connectivity index (χ2v) is 8.44. The van der Waals surface area contributed by atoms with Gasteiger partial charge in [0.25, 0.3) is 0 Å². The van der Waals surface area contributed by atoms with Crippen molar-refractivity contribution >= 4 is 11.7 Å². The molecular formula is C24H30N4O. The third kappa shape index (κ3) is 3.82. The molecule has 0 bridgehead atoms. The van der Waals surface area contributed by atoms with E-state index in [9.17, 15) is 10.1 Å². The molecule has 1 aromatic carbocycles. The van der Waals surface area contributed by atoms with Crippen LogP contribution in [0.15, 0.2) is 30.3 Å². The van der Waals surface area contributed by atoms with Gasteiger partial charge in [0.15, 0.2) is 0 Å². The van der Waals surface area contributed by atoms with Crippen LogP contribution < -0.4 is 5.32 Å². The first-order valence-electron chi connectivity index (χ1n) is 10.8. The fraction of sp³-hybridized carbons (Fsp3) is 0.500. The maximum absolute atomic E-state index is 13.0. The molecule has 5 heteroatoms. The number of benzene rings is 1. The lowest BCUT2D eigenvalue weighted by Crippen LogP contribution is -2.33. The molecule has 0 spiro atoms. The Morgan fingerprint density at radius 2 is 1.86 bits per heavy atom. The zero-order valence-electron chi connectivity index (χ0n) is 17.4. The van der Waals surface area contributed by atoms with Gasteiger partial charge in [-0.2, -0.15) is 5.26 Å². The number of carbonyl (C=O) groups excluding carboxylic acids is 1. The van der Waals surface area contributed by atoms with Crippen LogP contribution in [0.5, 0.6) is 0 Å². The lowest BCUT2D eigenvalue weighted by molar-refractivity contribution is -0.117. The highest BCUT2D eigenvalue weighted by molar-refractivity contribution is 5.93. The highest BCUT2D eigenvalue weighted by Crippen LogP contribution is 2.38.